The van der Waals surface area contributed by atoms with Crippen molar-refractivity contribution in [2.45, 2.75) is 32.6 Å². The maximum atomic E-state index is 10.5. The zero-order valence-electron chi connectivity index (χ0n) is 12.2. The first-order valence-electron chi connectivity index (χ1n) is 7.48. The van der Waals surface area contributed by atoms with Crippen LogP contribution in [0, 0.1) is 0 Å². The number of hydrogen-bond acceptors (Lipinski definition) is 3. The first-order valence-corrected chi connectivity index (χ1v) is 7.48. The van der Waals surface area contributed by atoms with E-state index in [4.69, 9.17) is 4.74 Å². The Morgan fingerprint density at radius 3 is 2.38 bits per heavy atom. The smallest absolute Gasteiger partial charge is 0.127 e. The molecule has 1 aliphatic carbocycles. The second kappa shape index (κ2) is 5.68. The molecular formula is C18H20O3. The molecule has 0 amide bonds. The third-order valence-corrected chi connectivity index (χ3v) is 4.04. The quantitative estimate of drug-likeness (QED) is 0.658. The number of benzene rings is 2. The van der Waals surface area contributed by atoms with Gasteiger partial charge in [0.05, 0.1) is 12.4 Å². The second-order valence-electron chi connectivity index (χ2n) is 5.45. The summed E-state index contributed by atoms with van der Waals surface area (Å²) in [4.78, 5) is 0. The molecule has 21 heavy (non-hydrogen) atoms. The van der Waals surface area contributed by atoms with Crippen molar-refractivity contribution in [3.05, 3.63) is 47.2 Å². The Balaban J connectivity index is 1.98. The molecule has 2 aromatic rings. The number of phenolic OH excluding ortho intramolecular Hbond substituents is 2. The van der Waals surface area contributed by atoms with Gasteiger partial charge in [-0.15, -0.1) is 0 Å². The summed E-state index contributed by atoms with van der Waals surface area (Å²) in [6.07, 6.45) is 5.27. The molecule has 1 aliphatic rings. The van der Waals surface area contributed by atoms with Gasteiger partial charge in [-0.2, -0.15) is 0 Å². The Morgan fingerprint density at radius 2 is 1.71 bits per heavy atom. The number of aromatic hydroxyl groups is 2. The van der Waals surface area contributed by atoms with Gasteiger partial charge in [0.25, 0.3) is 0 Å². The second-order valence-corrected chi connectivity index (χ2v) is 5.45. The molecule has 2 aromatic carbocycles. The van der Waals surface area contributed by atoms with E-state index in [1.54, 1.807) is 0 Å². The van der Waals surface area contributed by atoms with Crippen LogP contribution in [0.1, 0.15) is 30.9 Å². The molecule has 0 heterocycles. The van der Waals surface area contributed by atoms with E-state index in [2.05, 4.69) is 6.92 Å². The van der Waals surface area contributed by atoms with Crippen molar-refractivity contribution >= 4 is 10.8 Å². The molecule has 0 radical (unpaired) electrons. The lowest BCUT2D eigenvalue weighted by Gasteiger charge is -2.21. The van der Waals surface area contributed by atoms with E-state index < -0.39 is 0 Å². The third-order valence-electron chi connectivity index (χ3n) is 4.04. The van der Waals surface area contributed by atoms with E-state index in [0.717, 1.165) is 29.7 Å². The Morgan fingerprint density at radius 1 is 1.05 bits per heavy atom. The Kier molecular flexibility index (Phi) is 3.74. The summed E-state index contributed by atoms with van der Waals surface area (Å²) in [6.45, 7) is 2.84. The molecular weight excluding hydrogens is 264 g/mol. The topological polar surface area (TPSA) is 49.7 Å². The summed E-state index contributed by atoms with van der Waals surface area (Å²) in [5.41, 5.74) is 1.61. The SMILES string of the molecule is CCCCOC1=CCc2c(c(O)c3ccccc3c2O)C1. The van der Waals surface area contributed by atoms with Crippen LogP contribution in [-0.4, -0.2) is 16.8 Å². The summed E-state index contributed by atoms with van der Waals surface area (Å²) < 4.78 is 5.76. The number of fused-ring (bicyclic) bond motifs is 2. The highest BCUT2D eigenvalue weighted by atomic mass is 16.5. The molecule has 0 aliphatic heterocycles. The highest BCUT2D eigenvalue weighted by Gasteiger charge is 2.22. The number of hydrogen-bond donors (Lipinski definition) is 2. The van der Waals surface area contributed by atoms with E-state index in [0.29, 0.717) is 30.2 Å². The summed E-state index contributed by atoms with van der Waals surface area (Å²) >= 11 is 0. The summed E-state index contributed by atoms with van der Waals surface area (Å²) in [5, 5.41) is 22.4. The minimum atomic E-state index is 0.267. The molecule has 3 nitrogen and oxygen atoms in total. The van der Waals surface area contributed by atoms with E-state index in [1.165, 1.54) is 0 Å². The number of allylic oxidation sites excluding steroid dienone is 2. The van der Waals surface area contributed by atoms with Gasteiger partial charge in [-0.05, 0) is 18.9 Å². The highest BCUT2D eigenvalue weighted by Crippen LogP contribution is 2.42. The summed E-state index contributed by atoms with van der Waals surface area (Å²) in [7, 11) is 0. The van der Waals surface area contributed by atoms with Gasteiger partial charge in [0.1, 0.15) is 11.5 Å². The van der Waals surface area contributed by atoms with Crippen LogP contribution < -0.4 is 0 Å². The van der Waals surface area contributed by atoms with E-state index in [-0.39, 0.29) is 11.5 Å². The normalized spacial score (nSPS) is 13.9. The van der Waals surface area contributed by atoms with Gasteiger partial charge in [-0.3, -0.25) is 0 Å². The van der Waals surface area contributed by atoms with Gasteiger partial charge < -0.3 is 14.9 Å². The van der Waals surface area contributed by atoms with Crippen LogP contribution in [-0.2, 0) is 17.6 Å². The lowest BCUT2D eigenvalue weighted by molar-refractivity contribution is 0.199. The van der Waals surface area contributed by atoms with Crippen LogP contribution >= 0.6 is 0 Å². The lowest BCUT2D eigenvalue weighted by atomic mass is 9.90. The molecule has 2 N–H and O–H groups in total. The van der Waals surface area contributed by atoms with Crippen molar-refractivity contribution in [3.63, 3.8) is 0 Å². The summed E-state index contributed by atoms with van der Waals surface area (Å²) in [5.74, 6) is 1.44. The number of phenols is 2. The molecule has 0 unspecified atom stereocenters. The van der Waals surface area contributed by atoms with Crippen molar-refractivity contribution in [2.75, 3.05) is 6.61 Å². The van der Waals surface area contributed by atoms with Crippen LogP contribution in [0.3, 0.4) is 0 Å². The van der Waals surface area contributed by atoms with E-state index in [1.807, 2.05) is 30.3 Å². The van der Waals surface area contributed by atoms with Crippen molar-refractivity contribution in [2.24, 2.45) is 0 Å². The zero-order chi connectivity index (χ0) is 14.8. The van der Waals surface area contributed by atoms with Gasteiger partial charge in [0.2, 0.25) is 0 Å². The van der Waals surface area contributed by atoms with Crippen LogP contribution in [0.2, 0.25) is 0 Å². The van der Waals surface area contributed by atoms with Crippen LogP contribution in [0.15, 0.2) is 36.1 Å². The number of rotatable bonds is 4. The fourth-order valence-electron chi connectivity index (χ4n) is 2.84. The monoisotopic (exact) mass is 284 g/mol. The average molecular weight is 284 g/mol. The largest absolute Gasteiger partial charge is 0.507 e. The van der Waals surface area contributed by atoms with Gasteiger partial charge in [0.15, 0.2) is 0 Å². The Bertz CT molecular complexity index is 701. The predicted molar refractivity (Wildman–Crippen MR) is 83.6 cm³/mol. The first kappa shape index (κ1) is 13.8. The number of ether oxygens (including phenoxy) is 1. The van der Waals surface area contributed by atoms with E-state index in [9.17, 15) is 10.2 Å². The molecule has 0 saturated heterocycles. The fraction of sp³-hybridized carbons (Fsp3) is 0.333. The van der Waals surface area contributed by atoms with Crippen LogP contribution in [0.4, 0.5) is 0 Å². The fourth-order valence-corrected chi connectivity index (χ4v) is 2.84. The number of unbranched alkanes of at least 4 members (excludes halogenated alkanes) is 1. The summed E-state index contributed by atoms with van der Waals surface area (Å²) in [6, 6.07) is 7.40. The highest BCUT2D eigenvalue weighted by molar-refractivity contribution is 5.95. The van der Waals surface area contributed by atoms with Gasteiger partial charge in [-0.1, -0.05) is 37.6 Å². The minimum Gasteiger partial charge on any atom is -0.507 e. The van der Waals surface area contributed by atoms with Crippen molar-refractivity contribution in [1.82, 2.24) is 0 Å². The molecule has 0 spiro atoms. The third kappa shape index (κ3) is 2.44. The average Bonchev–Trinajstić information content (AvgIpc) is 2.53. The zero-order valence-corrected chi connectivity index (χ0v) is 12.2. The Labute approximate surface area is 124 Å². The molecule has 0 fully saturated rings. The van der Waals surface area contributed by atoms with Crippen LogP contribution in [0.25, 0.3) is 10.8 Å². The maximum Gasteiger partial charge on any atom is 0.127 e. The molecule has 3 rings (SSSR count). The molecule has 110 valence electrons. The molecule has 0 bridgehead atoms. The molecule has 0 aromatic heterocycles. The van der Waals surface area contributed by atoms with Gasteiger partial charge in [-0.25, -0.2) is 0 Å². The Hall–Kier alpha value is -2.16. The predicted octanol–water partition coefficient (Wildman–Crippen LogP) is 4.05. The molecule has 0 saturated carbocycles. The lowest BCUT2D eigenvalue weighted by Crippen LogP contribution is -2.08. The minimum absolute atomic E-state index is 0.267. The van der Waals surface area contributed by atoms with Crippen molar-refractivity contribution in [3.8, 4) is 11.5 Å². The van der Waals surface area contributed by atoms with Gasteiger partial charge >= 0.3 is 0 Å². The van der Waals surface area contributed by atoms with Crippen molar-refractivity contribution < 1.29 is 14.9 Å². The first-order chi connectivity index (χ1) is 10.2. The molecule has 3 heteroatoms. The molecule has 0 atom stereocenters. The van der Waals surface area contributed by atoms with Crippen LogP contribution in [0.5, 0.6) is 11.5 Å². The van der Waals surface area contributed by atoms with Crippen molar-refractivity contribution in [1.29, 1.82) is 0 Å². The van der Waals surface area contributed by atoms with Gasteiger partial charge in [0, 0.05) is 28.3 Å². The van der Waals surface area contributed by atoms with E-state index >= 15 is 0 Å². The standard InChI is InChI=1S/C18H20O3/c1-2-3-10-21-12-8-9-15-16(11-12)18(20)14-7-5-4-6-13(14)17(15)19/h4-8,19-20H,2-3,9-11H2,1H3. The maximum absolute atomic E-state index is 10.5.